The second kappa shape index (κ2) is 11.6. The summed E-state index contributed by atoms with van der Waals surface area (Å²) >= 11 is 0. The van der Waals surface area contributed by atoms with Crippen molar-refractivity contribution < 1.29 is 0 Å². The Balaban J connectivity index is 0.00000312. The Morgan fingerprint density at radius 3 is 2.36 bits per heavy atom. The van der Waals surface area contributed by atoms with Crippen LogP contribution in [-0.4, -0.2) is 73.7 Å². The number of guanidine groups is 1. The maximum Gasteiger partial charge on any atom is 0.190 e. The molecule has 0 bridgehead atoms. The summed E-state index contributed by atoms with van der Waals surface area (Å²) in [5.74, 6) is 1.74. The van der Waals surface area contributed by atoms with Gasteiger partial charge in [0.05, 0.1) is 0 Å². The van der Waals surface area contributed by atoms with E-state index in [4.69, 9.17) is 0 Å². The number of aliphatic imine (C=N–C) groups is 1. The van der Waals surface area contributed by atoms with Gasteiger partial charge in [0.2, 0.25) is 0 Å². The minimum atomic E-state index is 0. The molecule has 1 heterocycles. The normalized spacial score (nSPS) is 21.9. The van der Waals surface area contributed by atoms with Crippen molar-refractivity contribution in [2.24, 2.45) is 10.9 Å². The highest BCUT2D eigenvalue weighted by atomic mass is 127. The fourth-order valence-corrected chi connectivity index (χ4v) is 3.84. The molecule has 1 aliphatic carbocycles. The molecule has 1 saturated heterocycles. The van der Waals surface area contributed by atoms with Gasteiger partial charge in [-0.3, -0.25) is 9.89 Å². The third-order valence-corrected chi connectivity index (χ3v) is 5.37. The molecule has 2 fully saturated rings. The van der Waals surface area contributed by atoms with Crippen LogP contribution in [0.5, 0.6) is 0 Å². The third-order valence-electron chi connectivity index (χ3n) is 5.37. The van der Waals surface area contributed by atoms with Crippen molar-refractivity contribution in [3.05, 3.63) is 0 Å². The summed E-state index contributed by atoms with van der Waals surface area (Å²) in [4.78, 5) is 9.59. The van der Waals surface area contributed by atoms with E-state index in [0.717, 1.165) is 44.0 Å². The smallest absolute Gasteiger partial charge is 0.190 e. The van der Waals surface area contributed by atoms with Crippen molar-refractivity contribution in [2.45, 2.75) is 71.5 Å². The molecule has 2 N–H and O–H groups in total. The van der Waals surface area contributed by atoms with Crippen molar-refractivity contribution in [2.75, 3.05) is 39.8 Å². The van der Waals surface area contributed by atoms with E-state index >= 15 is 0 Å². The average molecular weight is 465 g/mol. The molecule has 0 aromatic heterocycles. The summed E-state index contributed by atoms with van der Waals surface area (Å²) < 4.78 is 0. The van der Waals surface area contributed by atoms with Crippen LogP contribution in [0, 0.1) is 5.92 Å². The number of hydrogen-bond acceptors (Lipinski definition) is 3. The Bertz CT molecular complexity index is 387. The van der Waals surface area contributed by atoms with Crippen molar-refractivity contribution >= 4 is 29.9 Å². The first-order valence-corrected chi connectivity index (χ1v) is 9.95. The Kier molecular flexibility index (Phi) is 10.6. The van der Waals surface area contributed by atoms with Crippen molar-refractivity contribution in [1.29, 1.82) is 0 Å². The number of nitrogens with zero attached hydrogens (tertiary/aromatic N) is 3. The van der Waals surface area contributed by atoms with Crippen LogP contribution in [0.2, 0.25) is 0 Å². The Morgan fingerprint density at radius 2 is 1.80 bits per heavy atom. The largest absolute Gasteiger partial charge is 0.356 e. The topological polar surface area (TPSA) is 42.9 Å². The molecule has 0 aromatic carbocycles. The summed E-state index contributed by atoms with van der Waals surface area (Å²) in [6, 6.07) is 2.13. The predicted octanol–water partition coefficient (Wildman–Crippen LogP) is 2.76. The zero-order valence-corrected chi connectivity index (χ0v) is 19.3. The molecule has 0 spiro atoms. The second-order valence-electron chi connectivity index (χ2n) is 8.04. The molecule has 0 amide bonds. The van der Waals surface area contributed by atoms with Gasteiger partial charge in [0.1, 0.15) is 0 Å². The molecule has 1 saturated carbocycles. The van der Waals surface area contributed by atoms with Crippen LogP contribution in [0.4, 0.5) is 0 Å². The molecule has 25 heavy (non-hydrogen) atoms. The summed E-state index contributed by atoms with van der Waals surface area (Å²) in [5, 5.41) is 7.00. The van der Waals surface area contributed by atoms with Gasteiger partial charge in [-0.25, -0.2) is 0 Å². The molecule has 6 heteroatoms. The maximum atomic E-state index is 4.37. The molecule has 5 nitrogen and oxygen atoms in total. The highest BCUT2D eigenvalue weighted by Gasteiger charge is 2.34. The van der Waals surface area contributed by atoms with E-state index in [2.05, 4.69) is 53.1 Å². The minimum Gasteiger partial charge on any atom is -0.356 e. The lowest BCUT2D eigenvalue weighted by Gasteiger charge is -2.30. The van der Waals surface area contributed by atoms with Crippen LogP contribution in [0.1, 0.15) is 53.4 Å². The van der Waals surface area contributed by atoms with E-state index in [1.807, 2.05) is 7.05 Å². The van der Waals surface area contributed by atoms with Crippen LogP contribution in [0.3, 0.4) is 0 Å². The summed E-state index contributed by atoms with van der Waals surface area (Å²) in [6.45, 7) is 14.8. The highest BCUT2D eigenvalue weighted by Crippen LogP contribution is 2.31. The third kappa shape index (κ3) is 7.99. The van der Waals surface area contributed by atoms with E-state index in [-0.39, 0.29) is 24.0 Å². The van der Waals surface area contributed by atoms with E-state index in [9.17, 15) is 0 Å². The second-order valence-corrected chi connectivity index (χ2v) is 8.04. The van der Waals surface area contributed by atoms with Gasteiger partial charge in [-0.2, -0.15) is 0 Å². The first-order valence-electron chi connectivity index (χ1n) is 9.95. The lowest BCUT2D eigenvalue weighted by molar-refractivity contribution is 0.173. The first-order chi connectivity index (χ1) is 11.5. The molecule has 148 valence electrons. The van der Waals surface area contributed by atoms with Gasteiger partial charge in [0, 0.05) is 51.4 Å². The van der Waals surface area contributed by atoms with E-state index < -0.39 is 0 Å². The average Bonchev–Trinajstić information content (AvgIpc) is 3.28. The lowest BCUT2D eigenvalue weighted by Crippen LogP contribution is -2.42. The zero-order valence-electron chi connectivity index (χ0n) is 16.9. The summed E-state index contributed by atoms with van der Waals surface area (Å²) in [7, 11) is 1.87. The van der Waals surface area contributed by atoms with E-state index in [1.165, 1.54) is 32.4 Å². The lowest BCUT2D eigenvalue weighted by atomic mass is 10.1. The number of rotatable bonds is 9. The number of halogens is 1. The fraction of sp³-hybridized carbons (Fsp3) is 0.947. The number of hydrogen-bond donors (Lipinski definition) is 2. The van der Waals surface area contributed by atoms with E-state index in [0.29, 0.717) is 12.1 Å². The van der Waals surface area contributed by atoms with Crippen LogP contribution in [0.25, 0.3) is 0 Å². The molecule has 0 aromatic rings. The van der Waals surface area contributed by atoms with Gasteiger partial charge in [-0.1, -0.05) is 0 Å². The predicted molar refractivity (Wildman–Crippen MR) is 119 cm³/mol. The quantitative estimate of drug-likeness (QED) is 0.238. The molecular weight excluding hydrogens is 425 g/mol. The van der Waals surface area contributed by atoms with Crippen molar-refractivity contribution in [3.63, 3.8) is 0 Å². The van der Waals surface area contributed by atoms with Gasteiger partial charge < -0.3 is 15.5 Å². The molecule has 1 unspecified atom stereocenters. The monoisotopic (exact) mass is 465 g/mol. The van der Waals surface area contributed by atoms with Gasteiger partial charge >= 0.3 is 0 Å². The Morgan fingerprint density at radius 1 is 1.12 bits per heavy atom. The van der Waals surface area contributed by atoms with Gasteiger partial charge in [0.15, 0.2) is 5.96 Å². The Labute approximate surface area is 172 Å². The first kappa shape index (κ1) is 23.0. The maximum absolute atomic E-state index is 4.37. The summed E-state index contributed by atoms with van der Waals surface area (Å²) in [5.41, 5.74) is 0. The standard InChI is InChI=1S/C19H39N5.HI/c1-15(2)24(16(3)4)11-6-10-21-19(20-5)22-13-17-9-12-23(14-17)18-7-8-18;/h15-18H,6-14H2,1-5H3,(H2,20,21,22);1H. The Hall–Kier alpha value is -0.0800. The number of likely N-dealkylation sites (tertiary alicyclic amines) is 1. The van der Waals surface area contributed by atoms with Crippen LogP contribution < -0.4 is 10.6 Å². The SMILES string of the molecule is CN=C(NCCCN(C(C)C)C(C)C)NCC1CCN(C2CC2)C1.I. The molecule has 2 aliphatic rings. The molecule has 1 atom stereocenters. The minimum absolute atomic E-state index is 0. The van der Waals surface area contributed by atoms with E-state index in [1.54, 1.807) is 0 Å². The molecule has 0 radical (unpaired) electrons. The van der Waals surface area contributed by atoms with Gasteiger partial charge in [0.25, 0.3) is 0 Å². The molecule has 2 rings (SSSR count). The zero-order chi connectivity index (χ0) is 17.5. The summed E-state index contributed by atoms with van der Waals surface area (Å²) in [6.07, 6.45) is 5.33. The van der Waals surface area contributed by atoms with Crippen molar-refractivity contribution in [1.82, 2.24) is 20.4 Å². The molecular formula is C19H40IN5. The molecule has 1 aliphatic heterocycles. The van der Waals surface area contributed by atoms with Crippen LogP contribution in [0.15, 0.2) is 4.99 Å². The fourth-order valence-electron chi connectivity index (χ4n) is 3.84. The highest BCUT2D eigenvalue weighted by molar-refractivity contribution is 14.0. The van der Waals surface area contributed by atoms with Crippen LogP contribution >= 0.6 is 24.0 Å². The van der Waals surface area contributed by atoms with Gasteiger partial charge in [-0.15, -0.1) is 24.0 Å². The van der Waals surface area contributed by atoms with Crippen molar-refractivity contribution in [3.8, 4) is 0 Å². The number of nitrogens with one attached hydrogen (secondary N) is 2. The van der Waals surface area contributed by atoms with Crippen LogP contribution in [-0.2, 0) is 0 Å². The van der Waals surface area contributed by atoms with Gasteiger partial charge in [-0.05, 0) is 65.8 Å².